The second-order valence-corrected chi connectivity index (χ2v) is 5.92. The number of aryl methyl sites for hydroxylation is 1. The molecule has 1 fully saturated rings. The summed E-state index contributed by atoms with van der Waals surface area (Å²) in [6.45, 7) is 4.02. The fraction of sp³-hybridized carbons (Fsp3) is 0.588. The van der Waals surface area contributed by atoms with Crippen LogP contribution in [0, 0.1) is 0 Å². The van der Waals surface area contributed by atoms with E-state index < -0.39 is 0 Å². The number of benzene rings is 1. The molecule has 1 atom stereocenters. The molecule has 21 heavy (non-hydrogen) atoms. The minimum absolute atomic E-state index is 0.118. The molecule has 4 nitrogen and oxygen atoms in total. The van der Waals surface area contributed by atoms with Crippen molar-refractivity contribution in [2.45, 2.75) is 44.7 Å². The molecular formula is C17H24N2O2. The van der Waals surface area contributed by atoms with E-state index >= 15 is 0 Å². The number of nitrogens with one attached hydrogen (secondary N) is 1. The highest BCUT2D eigenvalue weighted by molar-refractivity contribution is 5.77. The maximum Gasteiger partial charge on any atom is 0.324 e. The van der Waals surface area contributed by atoms with Crippen LogP contribution in [-0.4, -0.2) is 37.7 Å². The summed E-state index contributed by atoms with van der Waals surface area (Å²) in [5.41, 5.74) is 2.66. The summed E-state index contributed by atoms with van der Waals surface area (Å²) < 4.78 is 5.23. The van der Waals surface area contributed by atoms with Crippen molar-refractivity contribution in [3.05, 3.63) is 29.8 Å². The number of carbonyl (C=O) groups excluding carboxylic acids is 1. The first kappa shape index (κ1) is 14.4. The van der Waals surface area contributed by atoms with Crippen molar-refractivity contribution in [1.29, 1.82) is 0 Å². The molecular weight excluding hydrogens is 264 g/mol. The first-order valence-corrected chi connectivity index (χ1v) is 8.03. The molecule has 1 aliphatic heterocycles. The lowest BCUT2D eigenvalue weighted by Crippen LogP contribution is -2.49. The predicted molar refractivity (Wildman–Crippen MR) is 83.6 cm³/mol. The Morgan fingerprint density at radius 2 is 2.24 bits per heavy atom. The van der Waals surface area contributed by atoms with Crippen molar-refractivity contribution in [3.63, 3.8) is 0 Å². The summed E-state index contributed by atoms with van der Waals surface area (Å²) in [6, 6.07) is 8.80. The molecule has 0 aromatic heterocycles. The van der Waals surface area contributed by atoms with Crippen molar-refractivity contribution >= 4 is 11.7 Å². The summed E-state index contributed by atoms with van der Waals surface area (Å²) >= 11 is 0. The van der Waals surface area contributed by atoms with Crippen LogP contribution < -0.4 is 10.2 Å². The Kier molecular flexibility index (Phi) is 4.44. The summed E-state index contributed by atoms with van der Waals surface area (Å²) in [4.78, 5) is 14.5. The molecule has 2 aliphatic rings. The van der Waals surface area contributed by atoms with E-state index in [9.17, 15) is 4.79 Å². The standard InChI is InChI=1S/C17H24N2O2/c1-2-21-17(20)15(18-14-9-10-14)12-19-11-5-7-13-6-3-4-8-16(13)19/h3-4,6,8,14-15,18H,2,5,7,9-12H2,1H3. The van der Waals surface area contributed by atoms with Crippen LogP contribution in [0.5, 0.6) is 0 Å². The lowest BCUT2D eigenvalue weighted by Gasteiger charge is -2.33. The van der Waals surface area contributed by atoms with Crippen molar-refractivity contribution in [2.24, 2.45) is 0 Å². The third-order valence-corrected chi connectivity index (χ3v) is 4.19. The fourth-order valence-electron chi connectivity index (χ4n) is 2.99. The van der Waals surface area contributed by atoms with Crippen LogP contribution in [0.2, 0.25) is 0 Å². The van der Waals surface area contributed by atoms with E-state index in [0.717, 1.165) is 19.4 Å². The predicted octanol–water partition coefficient (Wildman–Crippen LogP) is 2.12. The Morgan fingerprint density at radius 1 is 1.43 bits per heavy atom. The average Bonchev–Trinajstić information content (AvgIpc) is 3.31. The van der Waals surface area contributed by atoms with Gasteiger partial charge < -0.3 is 15.0 Å². The Labute approximate surface area is 126 Å². The monoisotopic (exact) mass is 288 g/mol. The van der Waals surface area contributed by atoms with E-state index in [1.807, 2.05) is 6.92 Å². The van der Waals surface area contributed by atoms with Gasteiger partial charge in [0.25, 0.3) is 0 Å². The Balaban J connectivity index is 1.71. The Bertz CT molecular complexity index is 499. The Hall–Kier alpha value is -1.55. The van der Waals surface area contributed by atoms with Crippen molar-refractivity contribution in [2.75, 3.05) is 24.6 Å². The first-order chi connectivity index (χ1) is 10.3. The molecule has 1 aromatic rings. The molecule has 0 radical (unpaired) electrons. The third kappa shape index (κ3) is 3.56. The number of hydrogen-bond donors (Lipinski definition) is 1. The molecule has 1 saturated carbocycles. The van der Waals surface area contributed by atoms with E-state index in [2.05, 4.69) is 34.5 Å². The summed E-state index contributed by atoms with van der Waals surface area (Å²) in [6.07, 6.45) is 4.63. The van der Waals surface area contributed by atoms with Gasteiger partial charge in [-0.2, -0.15) is 0 Å². The van der Waals surface area contributed by atoms with Gasteiger partial charge in [-0.15, -0.1) is 0 Å². The summed E-state index contributed by atoms with van der Waals surface area (Å²) in [7, 11) is 0. The summed E-state index contributed by atoms with van der Waals surface area (Å²) in [5.74, 6) is -0.118. The van der Waals surface area contributed by atoms with E-state index in [1.165, 1.54) is 24.1 Å². The average molecular weight is 288 g/mol. The molecule has 4 heteroatoms. The van der Waals surface area contributed by atoms with Gasteiger partial charge in [0.15, 0.2) is 0 Å². The van der Waals surface area contributed by atoms with E-state index in [4.69, 9.17) is 4.74 Å². The number of para-hydroxylation sites is 1. The van der Waals surface area contributed by atoms with Gasteiger partial charge in [0.1, 0.15) is 6.04 Å². The van der Waals surface area contributed by atoms with Crippen LogP contribution in [0.3, 0.4) is 0 Å². The molecule has 0 spiro atoms. The lowest BCUT2D eigenvalue weighted by molar-refractivity contribution is -0.145. The number of esters is 1. The summed E-state index contributed by atoms with van der Waals surface area (Å²) in [5, 5.41) is 3.44. The molecule has 1 unspecified atom stereocenters. The van der Waals surface area contributed by atoms with Crippen molar-refractivity contribution in [1.82, 2.24) is 5.32 Å². The molecule has 1 aliphatic carbocycles. The molecule has 3 rings (SSSR count). The quantitative estimate of drug-likeness (QED) is 0.814. The maximum absolute atomic E-state index is 12.2. The highest BCUT2D eigenvalue weighted by atomic mass is 16.5. The maximum atomic E-state index is 12.2. The van der Waals surface area contributed by atoms with Crippen molar-refractivity contribution < 1.29 is 9.53 Å². The number of anilines is 1. The number of nitrogens with zero attached hydrogens (tertiary/aromatic N) is 1. The van der Waals surface area contributed by atoms with Crippen LogP contribution in [0.25, 0.3) is 0 Å². The molecule has 0 amide bonds. The van der Waals surface area contributed by atoms with Gasteiger partial charge in [-0.3, -0.25) is 4.79 Å². The van der Waals surface area contributed by atoms with Gasteiger partial charge in [-0.1, -0.05) is 18.2 Å². The second kappa shape index (κ2) is 6.48. The minimum atomic E-state index is -0.219. The van der Waals surface area contributed by atoms with Crippen molar-refractivity contribution in [3.8, 4) is 0 Å². The zero-order valence-electron chi connectivity index (χ0n) is 12.7. The largest absolute Gasteiger partial charge is 0.465 e. The lowest BCUT2D eigenvalue weighted by atomic mass is 10.0. The molecule has 1 heterocycles. The second-order valence-electron chi connectivity index (χ2n) is 5.92. The number of hydrogen-bond acceptors (Lipinski definition) is 4. The zero-order valence-corrected chi connectivity index (χ0v) is 12.7. The molecule has 114 valence electrons. The molecule has 1 aromatic carbocycles. The van der Waals surface area contributed by atoms with Crippen LogP contribution in [0.4, 0.5) is 5.69 Å². The smallest absolute Gasteiger partial charge is 0.324 e. The van der Waals surface area contributed by atoms with Gasteiger partial charge >= 0.3 is 5.97 Å². The molecule has 1 N–H and O–H groups in total. The van der Waals surface area contributed by atoms with Crippen LogP contribution in [0.15, 0.2) is 24.3 Å². The number of ether oxygens (including phenoxy) is 1. The van der Waals surface area contributed by atoms with Crippen LogP contribution in [0.1, 0.15) is 31.7 Å². The topological polar surface area (TPSA) is 41.6 Å². The van der Waals surface area contributed by atoms with Gasteiger partial charge in [0, 0.05) is 24.8 Å². The van der Waals surface area contributed by atoms with E-state index in [-0.39, 0.29) is 12.0 Å². The molecule has 0 saturated heterocycles. The number of fused-ring (bicyclic) bond motifs is 1. The van der Waals surface area contributed by atoms with Crippen LogP contribution in [-0.2, 0) is 16.0 Å². The van der Waals surface area contributed by atoms with Gasteiger partial charge in [-0.25, -0.2) is 0 Å². The highest BCUT2D eigenvalue weighted by Crippen LogP contribution is 2.27. The van der Waals surface area contributed by atoms with E-state index in [0.29, 0.717) is 19.2 Å². The normalized spacial score (nSPS) is 19.0. The molecule has 0 bridgehead atoms. The highest BCUT2D eigenvalue weighted by Gasteiger charge is 2.31. The first-order valence-electron chi connectivity index (χ1n) is 8.03. The van der Waals surface area contributed by atoms with Gasteiger partial charge in [0.05, 0.1) is 6.61 Å². The Morgan fingerprint density at radius 3 is 3.00 bits per heavy atom. The minimum Gasteiger partial charge on any atom is -0.465 e. The third-order valence-electron chi connectivity index (χ3n) is 4.19. The fourth-order valence-corrected chi connectivity index (χ4v) is 2.99. The van der Waals surface area contributed by atoms with Crippen LogP contribution >= 0.6 is 0 Å². The number of carbonyl (C=O) groups is 1. The van der Waals surface area contributed by atoms with E-state index in [1.54, 1.807) is 0 Å². The SMILES string of the molecule is CCOC(=O)C(CN1CCCc2ccccc21)NC1CC1. The zero-order chi connectivity index (χ0) is 14.7. The number of rotatable bonds is 6. The van der Waals surface area contributed by atoms with Gasteiger partial charge in [-0.05, 0) is 44.2 Å². The van der Waals surface area contributed by atoms with Gasteiger partial charge in [0.2, 0.25) is 0 Å².